The van der Waals surface area contributed by atoms with Crippen LogP contribution in [-0.2, 0) is 0 Å². The maximum atomic E-state index is 13.3. The Bertz CT molecular complexity index is 420. The zero-order chi connectivity index (χ0) is 14.3. The highest BCUT2D eigenvalue weighted by Crippen LogP contribution is 2.20. The van der Waals surface area contributed by atoms with Gasteiger partial charge in [0.2, 0.25) is 0 Å². The number of carbonyl (C=O) groups excluding carboxylic acids is 1. The molecule has 106 valence electrons. The first-order chi connectivity index (χ1) is 9.10. The van der Waals surface area contributed by atoms with Crippen molar-refractivity contribution in [2.45, 2.75) is 26.2 Å². The van der Waals surface area contributed by atoms with Crippen molar-refractivity contribution in [1.29, 1.82) is 0 Å². The van der Waals surface area contributed by atoms with Gasteiger partial charge in [-0.25, -0.2) is 4.39 Å². The smallest absolute Gasteiger partial charge is 0.252 e. The van der Waals surface area contributed by atoms with Crippen LogP contribution in [0.3, 0.4) is 0 Å². The third-order valence-corrected chi connectivity index (χ3v) is 4.23. The van der Waals surface area contributed by atoms with Gasteiger partial charge in [0.25, 0.3) is 5.91 Å². The molecule has 1 amide bonds. The van der Waals surface area contributed by atoms with Crippen LogP contribution in [0.15, 0.2) is 22.7 Å². The summed E-state index contributed by atoms with van der Waals surface area (Å²) in [6.07, 6.45) is 3.20. The van der Waals surface area contributed by atoms with E-state index < -0.39 is 5.82 Å². The summed E-state index contributed by atoms with van der Waals surface area (Å²) in [7, 11) is 0. The van der Waals surface area contributed by atoms with Crippen LogP contribution in [-0.4, -0.2) is 17.8 Å². The molecule has 0 saturated carbocycles. The van der Waals surface area contributed by atoms with Gasteiger partial charge < -0.3 is 5.32 Å². The van der Waals surface area contributed by atoms with Gasteiger partial charge >= 0.3 is 0 Å². The summed E-state index contributed by atoms with van der Waals surface area (Å²) in [4.78, 5) is 12.0. The van der Waals surface area contributed by atoms with E-state index in [1.54, 1.807) is 6.07 Å². The van der Waals surface area contributed by atoms with Crippen molar-refractivity contribution in [1.82, 2.24) is 5.32 Å². The first kappa shape index (κ1) is 16.6. The molecule has 0 bridgehead atoms. The Kier molecular flexibility index (Phi) is 7.61. The highest BCUT2D eigenvalue weighted by molar-refractivity contribution is 9.10. The summed E-state index contributed by atoms with van der Waals surface area (Å²) in [6.45, 7) is 2.76. The molecule has 2 nitrogen and oxygen atoms in total. The lowest BCUT2D eigenvalue weighted by Crippen LogP contribution is -2.30. The SMILES string of the molecule is CCCC(CCBr)CNC(=O)c1cccc(F)c1Br. The average molecular weight is 395 g/mol. The predicted molar refractivity (Wildman–Crippen MR) is 83.2 cm³/mol. The van der Waals surface area contributed by atoms with Crippen molar-refractivity contribution in [3.05, 3.63) is 34.1 Å². The van der Waals surface area contributed by atoms with Gasteiger partial charge in [0.05, 0.1) is 10.0 Å². The lowest BCUT2D eigenvalue weighted by Gasteiger charge is -2.16. The quantitative estimate of drug-likeness (QED) is 0.676. The maximum Gasteiger partial charge on any atom is 0.252 e. The summed E-state index contributed by atoms with van der Waals surface area (Å²) in [6, 6.07) is 4.48. The van der Waals surface area contributed by atoms with Crippen LogP contribution in [0.4, 0.5) is 4.39 Å². The van der Waals surface area contributed by atoms with Gasteiger partial charge in [-0.2, -0.15) is 0 Å². The number of alkyl halides is 1. The Hall–Kier alpha value is -0.420. The topological polar surface area (TPSA) is 29.1 Å². The predicted octanol–water partition coefficient (Wildman–Crippen LogP) is 4.52. The fourth-order valence-electron chi connectivity index (χ4n) is 1.92. The summed E-state index contributed by atoms with van der Waals surface area (Å²) in [5.74, 6) is -0.194. The van der Waals surface area contributed by atoms with E-state index in [1.807, 2.05) is 0 Å². The van der Waals surface area contributed by atoms with Crippen molar-refractivity contribution in [3.8, 4) is 0 Å². The number of halogens is 3. The molecule has 0 aliphatic heterocycles. The van der Waals surface area contributed by atoms with E-state index in [9.17, 15) is 9.18 Å². The number of benzene rings is 1. The normalized spacial score (nSPS) is 12.2. The van der Waals surface area contributed by atoms with Crippen molar-refractivity contribution >= 4 is 37.8 Å². The summed E-state index contributed by atoms with van der Waals surface area (Å²) < 4.78 is 13.6. The highest BCUT2D eigenvalue weighted by atomic mass is 79.9. The van der Waals surface area contributed by atoms with Crippen LogP contribution in [0.25, 0.3) is 0 Å². The van der Waals surface area contributed by atoms with E-state index in [4.69, 9.17) is 0 Å². The Morgan fingerprint density at radius 3 is 2.79 bits per heavy atom. The number of hydrogen-bond acceptors (Lipinski definition) is 1. The zero-order valence-electron chi connectivity index (χ0n) is 10.9. The number of amides is 1. The number of carbonyl (C=O) groups is 1. The van der Waals surface area contributed by atoms with Crippen molar-refractivity contribution in [2.24, 2.45) is 5.92 Å². The fraction of sp³-hybridized carbons (Fsp3) is 0.500. The van der Waals surface area contributed by atoms with Gasteiger partial charge in [0.15, 0.2) is 0 Å². The van der Waals surface area contributed by atoms with E-state index in [0.717, 1.165) is 24.6 Å². The number of rotatable bonds is 7. The van der Waals surface area contributed by atoms with Gasteiger partial charge in [-0.15, -0.1) is 0 Å². The van der Waals surface area contributed by atoms with Gasteiger partial charge in [-0.3, -0.25) is 4.79 Å². The molecule has 0 saturated heterocycles. The second-order valence-corrected chi connectivity index (χ2v) is 6.03. The minimum Gasteiger partial charge on any atom is -0.352 e. The Morgan fingerprint density at radius 1 is 1.42 bits per heavy atom. The first-order valence-electron chi connectivity index (χ1n) is 6.38. The fourth-order valence-corrected chi connectivity index (χ4v) is 3.01. The van der Waals surface area contributed by atoms with Gasteiger partial charge in [0.1, 0.15) is 5.82 Å². The Balaban J connectivity index is 2.61. The second kappa shape index (κ2) is 8.69. The third kappa shape index (κ3) is 5.22. The van der Waals surface area contributed by atoms with Crippen molar-refractivity contribution in [2.75, 3.05) is 11.9 Å². The summed E-state index contributed by atoms with van der Waals surface area (Å²) >= 11 is 6.53. The lowest BCUT2D eigenvalue weighted by molar-refractivity contribution is 0.0944. The molecule has 0 heterocycles. The van der Waals surface area contributed by atoms with Crippen molar-refractivity contribution in [3.63, 3.8) is 0 Å². The monoisotopic (exact) mass is 393 g/mol. The molecule has 5 heteroatoms. The van der Waals surface area contributed by atoms with E-state index in [2.05, 4.69) is 44.1 Å². The number of hydrogen-bond donors (Lipinski definition) is 1. The van der Waals surface area contributed by atoms with E-state index in [-0.39, 0.29) is 10.4 Å². The second-order valence-electron chi connectivity index (χ2n) is 4.44. The van der Waals surface area contributed by atoms with Crippen LogP contribution in [0.5, 0.6) is 0 Å². The van der Waals surface area contributed by atoms with Crippen LogP contribution < -0.4 is 5.32 Å². The van der Waals surface area contributed by atoms with Crippen LogP contribution in [0.2, 0.25) is 0 Å². The van der Waals surface area contributed by atoms with Crippen LogP contribution >= 0.6 is 31.9 Å². The van der Waals surface area contributed by atoms with E-state index >= 15 is 0 Å². The molecule has 0 aromatic heterocycles. The van der Waals surface area contributed by atoms with Crippen LogP contribution in [0, 0.1) is 11.7 Å². The van der Waals surface area contributed by atoms with Gasteiger partial charge in [-0.1, -0.05) is 35.3 Å². The average Bonchev–Trinajstić information content (AvgIpc) is 2.39. The molecule has 1 aromatic rings. The van der Waals surface area contributed by atoms with Crippen molar-refractivity contribution < 1.29 is 9.18 Å². The number of nitrogens with one attached hydrogen (secondary N) is 1. The molecule has 0 fully saturated rings. The molecular weight excluding hydrogens is 377 g/mol. The van der Waals surface area contributed by atoms with Crippen LogP contribution in [0.1, 0.15) is 36.5 Å². The Labute approximate surface area is 130 Å². The standard InChI is InChI=1S/C14H18Br2FNO/c1-2-4-10(7-8-15)9-18-14(19)11-5-3-6-12(17)13(11)16/h3,5-6,10H,2,4,7-9H2,1H3,(H,18,19). The van der Waals surface area contributed by atoms with E-state index in [1.165, 1.54) is 12.1 Å². The van der Waals surface area contributed by atoms with Gasteiger partial charge in [-0.05, 0) is 46.8 Å². The molecule has 1 atom stereocenters. The molecule has 19 heavy (non-hydrogen) atoms. The first-order valence-corrected chi connectivity index (χ1v) is 8.29. The third-order valence-electron chi connectivity index (χ3n) is 2.96. The minimum absolute atomic E-state index is 0.222. The maximum absolute atomic E-state index is 13.3. The summed E-state index contributed by atoms with van der Waals surface area (Å²) in [5, 5.41) is 3.81. The van der Waals surface area contributed by atoms with Gasteiger partial charge in [0, 0.05) is 11.9 Å². The Morgan fingerprint density at radius 2 is 2.16 bits per heavy atom. The lowest BCUT2D eigenvalue weighted by atomic mass is 10.0. The zero-order valence-corrected chi connectivity index (χ0v) is 14.1. The molecular formula is C14H18Br2FNO. The molecule has 1 rings (SSSR count). The van der Waals surface area contributed by atoms with E-state index in [0.29, 0.717) is 18.0 Å². The molecule has 0 spiro atoms. The molecule has 1 aromatic carbocycles. The molecule has 1 N–H and O–H groups in total. The largest absolute Gasteiger partial charge is 0.352 e. The minimum atomic E-state index is -0.418. The molecule has 0 aliphatic carbocycles. The molecule has 1 unspecified atom stereocenters. The molecule has 0 radical (unpaired) electrons. The summed E-state index contributed by atoms with van der Waals surface area (Å²) in [5.41, 5.74) is 0.342. The highest BCUT2D eigenvalue weighted by Gasteiger charge is 2.14. The molecule has 0 aliphatic rings.